The van der Waals surface area contributed by atoms with Gasteiger partial charge in [0.2, 0.25) is 0 Å². The second-order valence-electron chi connectivity index (χ2n) is 5.96. The maximum absolute atomic E-state index is 13.3. The van der Waals surface area contributed by atoms with Gasteiger partial charge in [-0.15, -0.1) is 0 Å². The van der Waals surface area contributed by atoms with E-state index in [0.29, 0.717) is 5.69 Å². The van der Waals surface area contributed by atoms with Crippen molar-refractivity contribution in [2.75, 3.05) is 12.4 Å². The molecule has 0 fully saturated rings. The zero-order valence-electron chi connectivity index (χ0n) is 14.7. The number of benzene rings is 2. The molecule has 2 aromatic heterocycles. The van der Waals surface area contributed by atoms with E-state index in [9.17, 15) is 14.0 Å². The molecule has 4 aromatic rings. The standard InChI is InChI=1S/C20H14FN3O4/c1-27-13-5-2-11(3-6-13)15-9-19(24-23-15)22-20(26)18-10-16(25)14-8-12(21)4-7-17(14)28-18/h2-10H,1H3,(H2,22,23,24,26). The summed E-state index contributed by atoms with van der Waals surface area (Å²) in [5, 5.41) is 9.49. The first kappa shape index (κ1) is 17.5. The third kappa shape index (κ3) is 3.35. The van der Waals surface area contributed by atoms with Crippen molar-refractivity contribution in [3.05, 3.63) is 76.4 Å². The molecule has 2 N–H and O–H groups in total. The highest BCUT2D eigenvalue weighted by molar-refractivity contribution is 6.02. The van der Waals surface area contributed by atoms with Gasteiger partial charge < -0.3 is 14.5 Å². The number of rotatable bonds is 4. The van der Waals surface area contributed by atoms with Crippen LogP contribution in [0.2, 0.25) is 0 Å². The van der Waals surface area contributed by atoms with Crippen molar-refractivity contribution in [1.82, 2.24) is 10.2 Å². The van der Waals surface area contributed by atoms with E-state index < -0.39 is 17.2 Å². The number of hydrogen-bond acceptors (Lipinski definition) is 5. The van der Waals surface area contributed by atoms with Crippen LogP contribution in [0.15, 0.2) is 63.8 Å². The molecule has 0 spiro atoms. The molecule has 2 aromatic carbocycles. The Bertz CT molecular complexity index is 1230. The molecular weight excluding hydrogens is 365 g/mol. The zero-order valence-corrected chi connectivity index (χ0v) is 14.7. The van der Waals surface area contributed by atoms with Crippen LogP contribution >= 0.6 is 0 Å². The van der Waals surface area contributed by atoms with Crippen molar-refractivity contribution in [3.8, 4) is 17.0 Å². The summed E-state index contributed by atoms with van der Waals surface area (Å²) in [6.07, 6.45) is 0. The van der Waals surface area contributed by atoms with Crippen molar-refractivity contribution in [2.45, 2.75) is 0 Å². The number of aromatic amines is 1. The predicted octanol–water partition coefficient (Wildman–Crippen LogP) is 3.58. The molecule has 28 heavy (non-hydrogen) atoms. The summed E-state index contributed by atoms with van der Waals surface area (Å²) in [6, 6.07) is 13.5. The SMILES string of the molecule is COc1ccc(-c2cc(NC(=O)c3cc(=O)c4cc(F)ccc4o3)n[nH]2)cc1. The largest absolute Gasteiger partial charge is 0.497 e. The Kier molecular flexibility index (Phi) is 4.36. The highest BCUT2D eigenvalue weighted by Crippen LogP contribution is 2.23. The van der Waals surface area contributed by atoms with E-state index in [-0.39, 0.29) is 22.5 Å². The van der Waals surface area contributed by atoms with Crippen LogP contribution in [0.4, 0.5) is 10.2 Å². The first-order valence-corrected chi connectivity index (χ1v) is 8.28. The molecule has 0 atom stereocenters. The van der Waals surface area contributed by atoms with Crippen LogP contribution in [0.25, 0.3) is 22.2 Å². The van der Waals surface area contributed by atoms with Crippen molar-refractivity contribution in [1.29, 1.82) is 0 Å². The summed E-state index contributed by atoms with van der Waals surface area (Å²) in [7, 11) is 1.58. The molecule has 0 aliphatic heterocycles. The smallest absolute Gasteiger partial charge is 0.292 e. The average molecular weight is 379 g/mol. The highest BCUT2D eigenvalue weighted by atomic mass is 19.1. The van der Waals surface area contributed by atoms with Gasteiger partial charge in [-0.25, -0.2) is 4.39 Å². The summed E-state index contributed by atoms with van der Waals surface area (Å²) in [5.41, 5.74) is 1.16. The molecule has 0 bridgehead atoms. The maximum Gasteiger partial charge on any atom is 0.292 e. The molecule has 0 aliphatic carbocycles. The lowest BCUT2D eigenvalue weighted by Gasteiger charge is -2.03. The monoisotopic (exact) mass is 379 g/mol. The first-order valence-electron chi connectivity index (χ1n) is 8.28. The number of nitrogens with zero attached hydrogens (tertiary/aromatic N) is 1. The van der Waals surface area contributed by atoms with Gasteiger partial charge in [0.05, 0.1) is 18.2 Å². The van der Waals surface area contributed by atoms with Gasteiger partial charge in [0, 0.05) is 12.1 Å². The molecule has 140 valence electrons. The van der Waals surface area contributed by atoms with Gasteiger partial charge in [-0.2, -0.15) is 5.10 Å². The normalized spacial score (nSPS) is 10.8. The number of amides is 1. The topological polar surface area (TPSA) is 97.2 Å². The van der Waals surface area contributed by atoms with E-state index in [4.69, 9.17) is 9.15 Å². The Balaban J connectivity index is 1.57. The molecule has 4 rings (SSSR count). The predicted molar refractivity (Wildman–Crippen MR) is 101 cm³/mol. The van der Waals surface area contributed by atoms with Gasteiger partial charge in [-0.1, -0.05) is 0 Å². The lowest BCUT2D eigenvalue weighted by molar-refractivity contribution is 0.0996. The van der Waals surface area contributed by atoms with Crippen molar-refractivity contribution >= 4 is 22.7 Å². The number of aromatic nitrogens is 2. The Morgan fingerprint density at radius 1 is 1.14 bits per heavy atom. The minimum atomic E-state index is -0.642. The van der Waals surface area contributed by atoms with E-state index in [0.717, 1.165) is 29.5 Å². The van der Waals surface area contributed by atoms with Gasteiger partial charge in [0.25, 0.3) is 5.91 Å². The minimum absolute atomic E-state index is 0.0677. The van der Waals surface area contributed by atoms with Crippen molar-refractivity contribution in [3.63, 3.8) is 0 Å². The number of anilines is 1. The second kappa shape index (κ2) is 6.99. The maximum atomic E-state index is 13.3. The minimum Gasteiger partial charge on any atom is -0.497 e. The van der Waals surface area contributed by atoms with Crippen LogP contribution in [0, 0.1) is 5.82 Å². The van der Waals surface area contributed by atoms with E-state index in [1.165, 1.54) is 6.07 Å². The number of hydrogen-bond donors (Lipinski definition) is 2. The van der Waals surface area contributed by atoms with Crippen molar-refractivity contribution in [2.24, 2.45) is 0 Å². The molecule has 8 heteroatoms. The number of nitrogens with one attached hydrogen (secondary N) is 2. The summed E-state index contributed by atoms with van der Waals surface area (Å²) < 4.78 is 23.8. The highest BCUT2D eigenvalue weighted by Gasteiger charge is 2.15. The molecule has 0 unspecified atom stereocenters. The van der Waals surface area contributed by atoms with Gasteiger partial charge in [0.1, 0.15) is 17.1 Å². The summed E-state index contributed by atoms with van der Waals surface area (Å²) in [6.45, 7) is 0. The number of H-pyrrole nitrogens is 1. The zero-order chi connectivity index (χ0) is 19.7. The quantitative estimate of drug-likeness (QED) is 0.565. The van der Waals surface area contributed by atoms with Crippen molar-refractivity contribution < 1.29 is 18.3 Å². The Morgan fingerprint density at radius 3 is 2.68 bits per heavy atom. The van der Waals surface area contributed by atoms with Gasteiger partial charge in [-0.05, 0) is 48.0 Å². The lowest BCUT2D eigenvalue weighted by Crippen LogP contribution is -2.15. The number of halogens is 1. The molecule has 0 aliphatic rings. The summed E-state index contributed by atoms with van der Waals surface area (Å²) in [4.78, 5) is 24.5. The molecule has 7 nitrogen and oxygen atoms in total. The second-order valence-corrected chi connectivity index (χ2v) is 5.96. The average Bonchev–Trinajstić information content (AvgIpc) is 3.17. The van der Waals surface area contributed by atoms with E-state index in [2.05, 4.69) is 15.5 Å². The Hall–Kier alpha value is -3.94. The number of fused-ring (bicyclic) bond motifs is 1. The third-order valence-corrected chi connectivity index (χ3v) is 4.13. The fourth-order valence-corrected chi connectivity index (χ4v) is 2.72. The van der Waals surface area contributed by atoms with Crippen LogP contribution in [-0.4, -0.2) is 23.2 Å². The molecule has 0 radical (unpaired) electrons. The summed E-state index contributed by atoms with van der Waals surface area (Å²) in [5.74, 6) is -0.408. The van der Waals surface area contributed by atoms with Crippen LogP contribution in [0.3, 0.4) is 0 Å². The number of carbonyl (C=O) groups excluding carboxylic acids is 1. The Morgan fingerprint density at radius 2 is 1.93 bits per heavy atom. The fourth-order valence-electron chi connectivity index (χ4n) is 2.72. The van der Waals surface area contributed by atoms with E-state index >= 15 is 0 Å². The molecule has 0 saturated heterocycles. The van der Waals surface area contributed by atoms with Crippen LogP contribution in [0.1, 0.15) is 10.6 Å². The molecular formula is C20H14FN3O4. The van der Waals surface area contributed by atoms with Crippen LogP contribution in [0.5, 0.6) is 5.75 Å². The van der Waals surface area contributed by atoms with Gasteiger partial charge >= 0.3 is 0 Å². The number of ether oxygens (including phenoxy) is 1. The lowest BCUT2D eigenvalue weighted by atomic mass is 10.1. The summed E-state index contributed by atoms with van der Waals surface area (Å²) >= 11 is 0. The van der Waals surface area contributed by atoms with E-state index in [1.807, 2.05) is 12.1 Å². The van der Waals surface area contributed by atoms with Gasteiger partial charge in [-0.3, -0.25) is 14.7 Å². The van der Waals surface area contributed by atoms with Gasteiger partial charge in [0.15, 0.2) is 17.0 Å². The van der Waals surface area contributed by atoms with Crippen LogP contribution in [-0.2, 0) is 0 Å². The first-order chi connectivity index (χ1) is 13.5. The Labute approximate surface area is 157 Å². The number of carbonyl (C=O) groups is 1. The van der Waals surface area contributed by atoms with E-state index in [1.54, 1.807) is 25.3 Å². The third-order valence-electron chi connectivity index (χ3n) is 4.13. The fraction of sp³-hybridized carbons (Fsp3) is 0.0500. The molecule has 1 amide bonds. The molecule has 0 saturated carbocycles. The van der Waals surface area contributed by atoms with Crippen LogP contribution < -0.4 is 15.5 Å². The molecule has 2 heterocycles. The number of methoxy groups -OCH3 is 1.